The first kappa shape index (κ1) is 14.6. The molecule has 0 bridgehead atoms. The third kappa shape index (κ3) is 3.59. The van der Waals surface area contributed by atoms with Gasteiger partial charge in [-0.25, -0.2) is 0 Å². The molecule has 102 valence electrons. The Hall–Kier alpha value is -0.830. The van der Waals surface area contributed by atoms with Gasteiger partial charge in [0, 0.05) is 17.3 Å². The summed E-state index contributed by atoms with van der Waals surface area (Å²) in [6, 6.07) is 11.0. The van der Waals surface area contributed by atoms with Gasteiger partial charge in [-0.1, -0.05) is 36.7 Å². The molecule has 2 rings (SSSR count). The van der Waals surface area contributed by atoms with E-state index in [2.05, 4.69) is 50.4 Å². The maximum Gasteiger partial charge on any atom is 0.0931 e. The summed E-state index contributed by atoms with van der Waals surface area (Å²) < 4.78 is 0.867. The van der Waals surface area contributed by atoms with Gasteiger partial charge in [-0.3, -0.25) is 0 Å². The Morgan fingerprint density at radius 3 is 2.37 bits per heavy atom. The van der Waals surface area contributed by atoms with Gasteiger partial charge < -0.3 is 5.32 Å². The molecule has 19 heavy (non-hydrogen) atoms. The topological polar surface area (TPSA) is 12.0 Å². The second kappa shape index (κ2) is 6.56. The van der Waals surface area contributed by atoms with E-state index in [9.17, 15) is 0 Å². The van der Waals surface area contributed by atoms with Crippen molar-refractivity contribution in [2.45, 2.75) is 33.2 Å². The third-order valence-corrected chi connectivity index (χ3v) is 4.63. The van der Waals surface area contributed by atoms with Crippen molar-refractivity contribution in [1.29, 1.82) is 0 Å². The molecular weight excluding hydrogens is 274 g/mol. The molecule has 0 aliphatic heterocycles. The first-order valence-electron chi connectivity index (χ1n) is 6.65. The fraction of sp³-hybridized carbons (Fsp3) is 0.375. The van der Waals surface area contributed by atoms with Crippen LogP contribution >= 0.6 is 22.9 Å². The van der Waals surface area contributed by atoms with Crippen LogP contribution in [0.3, 0.4) is 0 Å². The highest BCUT2D eigenvalue weighted by Crippen LogP contribution is 2.29. The third-order valence-electron chi connectivity index (χ3n) is 3.38. The van der Waals surface area contributed by atoms with Gasteiger partial charge >= 0.3 is 0 Å². The second-order valence-electron chi connectivity index (χ2n) is 4.83. The number of thiophene rings is 1. The van der Waals surface area contributed by atoms with Crippen molar-refractivity contribution in [3.8, 4) is 0 Å². The molecule has 1 N–H and O–H groups in total. The average molecular weight is 294 g/mol. The first-order valence-corrected chi connectivity index (χ1v) is 7.85. The number of benzene rings is 1. The lowest BCUT2D eigenvalue weighted by atomic mass is 9.93. The van der Waals surface area contributed by atoms with Crippen molar-refractivity contribution in [2.75, 3.05) is 6.54 Å². The van der Waals surface area contributed by atoms with Crippen LogP contribution < -0.4 is 5.32 Å². The van der Waals surface area contributed by atoms with E-state index in [1.54, 1.807) is 11.3 Å². The van der Waals surface area contributed by atoms with Crippen LogP contribution in [0.15, 0.2) is 30.3 Å². The van der Waals surface area contributed by atoms with Crippen molar-refractivity contribution in [3.63, 3.8) is 0 Å². The molecule has 1 atom stereocenters. The molecule has 1 unspecified atom stereocenters. The minimum Gasteiger partial charge on any atom is -0.310 e. The number of rotatable bonds is 5. The Morgan fingerprint density at radius 1 is 1.16 bits per heavy atom. The van der Waals surface area contributed by atoms with E-state index in [-0.39, 0.29) is 0 Å². The van der Waals surface area contributed by atoms with Crippen molar-refractivity contribution < 1.29 is 0 Å². The van der Waals surface area contributed by atoms with Crippen LogP contribution in [0.4, 0.5) is 0 Å². The summed E-state index contributed by atoms with van der Waals surface area (Å²) >= 11 is 7.70. The summed E-state index contributed by atoms with van der Waals surface area (Å²) in [5, 5.41) is 3.60. The summed E-state index contributed by atoms with van der Waals surface area (Å²) in [5.74, 6) is 0. The molecular formula is C16H20ClNS. The lowest BCUT2D eigenvalue weighted by Crippen LogP contribution is -2.24. The molecule has 0 saturated carbocycles. The summed E-state index contributed by atoms with van der Waals surface area (Å²) in [4.78, 5) is 1.33. The zero-order valence-corrected chi connectivity index (χ0v) is 13.2. The normalized spacial score (nSPS) is 12.6. The highest BCUT2D eigenvalue weighted by Gasteiger charge is 2.16. The standard InChI is InChI=1S/C16H20ClNS/c1-4-18-14(10-13-8-9-15(17)19-13)16-11(2)6-5-7-12(16)3/h5-9,14,18H,4,10H2,1-3H3. The minimum atomic E-state index is 0.362. The average Bonchev–Trinajstić information content (AvgIpc) is 2.75. The van der Waals surface area contributed by atoms with Crippen molar-refractivity contribution in [3.05, 3.63) is 56.2 Å². The molecule has 0 fully saturated rings. The predicted molar refractivity (Wildman–Crippen MR) is 85.4 cm³/mol. The summed E-state index contributed by atoms with van der Waals surface area (Å²) in [5.41, 5.74) is 4.14. The lowest BCUT2D eigenvalue weighted by molar-refractivity contribution is 0.548. The van der Waals surface area contributed by atoms with Gasteiger partial charge in [0.05, 0.1) is 4.34 Å². The smallest absolute Gasteiger partial charge is 0.0931 e. The van der Waals surface area contributed by atoms with E-state index in [1.807, 2.05) is 6.07 Å². The van der Waals surface area contributed by atoms with Gasteiger partial charge in [0.25, 0.3) is 0 Å². The van der Waals surface area contributed by atoms with Gasteiger partial charge in [-0.05, 0) is 49.2 Å². The molecule has 0 radical (unpaired) electrons. The van der Waals surface area contributed by atoms with Crippen LogP contribution in [-0.4, -0.2) is 6.54 Å². The molecule has 0 spiro atoms. The number of hydrogen-bond acceptors (Lipinski definition) is 2. The summed E-state index contributed by atoms with van der Waals surface area (Å²) in [7, 11) is 0. The van der Waals surface area contributed by atoms with Crippen LogP contribution in [0.25, 0.3) is 0 Å². The van der Waals surface area contributed by atoms with E-state index in [4.69, 9.17) is 11.6 Å². The van der Waals surface area contributed by atoms with Crippen LogP contribution in [0, 0.1) is 13.8 Å². The molecule has 1 nitrogen and oxygen atoms in total. The minimum absolute atomic E-state index is 0.362. The number of nitrogens with one attached hydrogen (secondary N) is 1. The van der Waals surface area contributed by atoms with Crippen molar-refractivity contribution in [2.24, 2.45) is 0 Å². The second-order valence-corrected chi connectivity index (χ2v) is 6.63. The first-order chi connectivity index (χ1) is 9.11. The Kier molecular flexibility index (Phi) is 5.03. The number of hydrogen-bond donors (Lipinski definition) is 1. The van der Waals surface area contributed by atoms with Crippen LogP contribution in [-0.2, 0) is 6.42 Å². The molecule has 0 aliphatic carbocycles. The van der Waals surface area contributed by atoms with E-state index >= 15 is 0 Å². The van der Waals surface area contributed by atoms with E-state index in [0.717, 1.165) is 17.3 Å². The molecule has 1 aromatic carbocycles. The van der Waals surface area contributed by atoms with Crippen LogP contribution in [0.5, 0.6) is 0 Å². The zero-order chi connectivity index (χ0) is 13.8. The highest BCUT2D eigenvalue weighted by atomic mass is 35.5. The predicted octanol–water partition coefficient (Wildman–Crippen LogP) is 4.91. The largest absolute Gasteiger partial charge is 0.310 e. The van der Waals surface area contributed by atoms with E-state index < -0.39 is 0 Å². The van der Waals surface area contributed by atoms with Crippen molar-refractivity contribution in [1.82, 2.24) is 5.32 Å². The fourth-order valence-electron chi connectivity index (χ4n) is 2.56. The molecule has 0 saturated heterocycles. The van der Waals surface area contributed by atoms with Gasteiger partial charge in [0.1, 0.15) is 0 Å². The Bertz CT molecular complexity index is 527. The molecule has 0 aliphatic rings. The molecule has 1 heterocycles. The maximum atomic E-state index is 6.03. The Labute approximate surface area is 124 Å². The fourth-order valence-corrected chi connectivity index (χ4v) is 3.70. The SMILES string of the molecule is CCNC(Cc1ccc(Cl)s1)c1c(C)cccc1C. The van der Waals surface area contributed by atoms with E-state index in [0.29, 0.717) is 6.04 Å². The Morgan fingerprint density at radius 2 is 1.84 bits per heavy atom. The monoisotopic (exact) mass is 293 g/mol. The van der Waals surface area contributed by atoms with Gasteiger partial charge in [0.2, 0.25) is 0 Å². The number of halogens is 1. The van der Waals surface area contributed by atoms with E-state index in [1.165, 1.54) is 21.6 Å². The van der Waals surface area contributed by atoms with Crippen LogP contribution in [0.2, 0.25) is 4.34 Å². The Balaban J connectivity index is 2.29. The number of likely N-dealkylation sites (N-methyl/N-ethyl adjacent to an activating group) is 1. The van der Waals surface area contributed by atoms with Crippen LogP contribution in [0.1, 0.15) is 34.5 Å². The highest BCUT2D eigenvalue weighted by molar-refractivity contribution is 7.16. The quantitative estimate of drug-likeness (QED) is 0.826. The van der Waals surface area contributed by atoms with Gasteiger partial charge in [-0.2, -0.15) is 0 Å². The number of aryl methyl sites for hydroxylation is 2. The maximum absolute atomic E-state index is 6.03. The molecule has 2 aromatic rings. The summed E-state index contributed by atoms with van der Waals surface area (Å²) in [6.45, 7) is 7.50. The molecule has 3 heteroatoms. The lowest BCUT2D eigenvalue weighted by Gasteiger charge is -2.22. The molecule has 1 aromatic heterocycles. The van der Waals surface area contributed by atoms with Crippen molar-refractivity contribution >= 4 is 22.9 Å². The summed E-state index contributed by atoms with van der Waals surface area (Å²) in [6.07, 6.45) is 0.997. The molecule has 0 amide bonds. The zero-order valence-electron chi connectivity index (χ0n) is 11.7. The van der Waals surface area contributed by atoms with Gasteiger partial charge in [0.15, 0.2) is 0 Å². The van der Waals surface area contributed by atoms with Gasteiger partial charge in [-0.15, -0.1) is 11.3 Å².